The number of hydrogen-bond donors (Lipinski definition) is 2. The van der Waals surface area contributed by atoms with Crippen LogP contribution in [0.5, 0.6) is 5.75 Å². The third kappa shape index (κ3) is 7.74. The van der Waals surface area contributed by atoms with Gasteiger partial charge in [-0.05, 0) is 36.6 Å². The lowest BCUT2D eigenvalue weighted by molar-refractivity contribution is 0.319. The Labute approximate surface area is 180 Å². The van der Waals surface area contributed by atoms with E-state index in [1.54, 1.807) is 18.2 Å². The second-order valence-electron chi connectivity index (χ2n) is 7.71. The second-order valence-corrected chi connectivity index (χ2v) is 8.12. The van der Waals surface area contributed by atoms with E-state index in [0.29, 0.717) is 16.1 Å². The first-order chi connectivity index (χ1) is 14.2. The summed E-state index contributed by atoms with van der Waals surface area (Å²) >= 11 is 6.25. The SMILES string of the molecule is CCCCCCCCCCCCc1ccc(O)c(C(=NO)c2ccccc2Cl)c1. The van der Waals surface area contributed by atoms with Crippen molar-refractivity contribution in [2.24, 2.45) is 5.16 Å². The fourth-order valence-corrected chi connectivity index (χ4v) is 3.88. The topological polar surface area (TPSA) is 52.8 Å². The number of hydrogen-bond acceptors (Lipinski definition) is 3. The monoisotopic (exact) mass is 415 g/mol. The molecule has 0 fully saturated rings. The number of halogens is 1. The molecule has 0 aliphatic rings. The molecule has 0 spiro atoms. The molecule has 0 aromatic heterocycles. The lowest BCUT2D eigenvalue weighted by Crippen LogP contribution is -2.05. The second kappa shape index (κ2) is 13.3. The van der Waals surface area contributed by atoms with E-state index in [9.17, 15) is 10.3 Å². The molecule has 0 saturated heterocycles. The van der Waals surface area contributed by atoms with Crippen LogP contribution in [0.1, 0.15) is 87.8 Å². The molecule has 0 unspecified atom stereocenters. The molecule has 158 valence electrons. The van der Waals surface area contributed by atoms with Crippen LogP contribution in [0.2, 0.25) is 5.02 Å². The van der Waals surface area contributed by atoms with Gasteiger partial charge in [-0.25, -0.2) is 0 Å². The number of unbranched alkanes of at least 4 members (excludes halogenated alkanes) is 9. The third-order valence-electron chi connectivity index (χ3n) is 5.36. The first kappa shape index (κ1) is 23.3. The van der Waals surface area contributed by atoms with Crippen LogP contribution in [0.4, 0.5) is 0 Å². The molecule has 0 aliphatic heterocycles. The predicted molar refractivity (Wildman–Crippen MR) is 123 cm³/mol. The van der Waals surface area contributed by atoms with E-state index in [4.69, 9.17) is 11.6 Å². The first-order valence-electron chi connectivity index (χ1n) is 11.0. The molecule has 2 N–H and O–H groups in total. The minimum Gasteiger partial charge on any atom is -0.507 e. The smallest absolute Gasteiger partial charge is 0.125 e. The van der Waals surface area contributed by atoms with Gasteiger partial charge in [0, 0.05) is 11.1 Å². The fraction of sp³-hybridized carbons (Fsp3) is 0.480. The average Bonchev–Trinajstić information content (AvgIpc) is 2.73. The Hall–Kier alpha value is -2.00. The van der Waals surface area contributed by atoms with E-state index in [2.05, 4.69) is 12.1 Å². The Balaban J connectivity index is 1.84. The lowest BCUT2D eigenvalue weighted by Gasteiger charge is -2.11. The van der Waals surface area contributed by atoms with Gasteiger partial charge in [0.25, 0.3) is 0 Å². The van der Waals surface area contributed by atoms with Crippen molar-refractivity contribution in [2.75, 3.05) is 0 Å². The molecule has 2 aromatic carbocycles. The molecule has 0 atom stereocenters. The average molecular weight is 416 g/mol. The van der Waals surface area contributed by atoms with Gasteiger partial charge in [0.05, 0.1) is 5.02 Å². The molecule has 0 heterocycles. The third-order valence-corrected chi connectivity index (χ3v) is 5.69. The van der Waals surface area contributed by atoms with Gasteiger partial charge in [-0.2, -0.15) is 0 Å². The minimum absolute atomic E-state index is 0.0875. The standard InChI is InChI=1S/C25H34ClNO2/c1-2-3-4-5-6-7-8-9-10-11-14-20-17-18-24(28)22(19-20)25(27-29)21-15-12-13-16-23(21)26/h12-13,15-19,28-29H,2-11,14H2,1H3. The van der Waals surface area contributed by atoms with E-state index in [-0.39, 0.29) is 11.5 Å². The highest BCUT2D eigenvalue weighted by Crippen LogP contribution is 2.27. The van der Waals surface area contributed by atoms with Crippen molar-refractivity contribution < 1.29 is 10.3 Å². The highest BCUT2D eigenvalue weighted by Gasteiger charge is 2.15. The number of phenolic OH excluding ortho intramolecular Hbond substituents is 1. The quantitative estimate of drug-likeness (QED) is 0.152. The molecular weight excluding hydrogens is 382 g/mol. The van der Waals surface area contributed by atoms with E-state index >= 15 is 0 Å². The molecular formula is C25H34ClNO2. The number of rotatable bonds is 13. The van der Waals surface area contributed by atoms with Crippen molar-refractivity contribution in [1.82, 2.24) is 0 Å². The van der Waals surface area contributed by atoms with Crippen LogP contribution >= 0.6 is 11.6 Å². The Morgan fingerprint density at radius 3 is 2.07 bits per heavy atom. The van der Waals surface area contributed by atoms with Crippen LogP contribution < -0.4 is 0 Å². The van der Waals surface area contributed by atoms with Gasteiger partial charge >= 0.3 is 0 Å². The maximum atomic E-state index is 10.3. The largest absolute Gasteiger partial charge is 0.507 e. The van der Waals surface area contributed by atoms with Crippen molar-refractivity contribution in [3.8, 4) is 5.75 Å². The van der Waals surface area contributed by atoms with Crippen LogP contribution in [0.3, 0.4) is 0 Å². The minimum atomic E-state index is 0.0875. The summed E-state index contributed by atoms with van der Waals surface area (Å²) in [6.07, 6.45) is 14.0. The van der Waals surface area contributed by atoms with Crippen LogP contribution in [-0.2, 0) is 6.42 Å². The zero-order valence-corrected chi connectivity index (χ0v) is 18.3. The highest BCUT2D eigenvalue weighted by atomic mass is 35.5. The van der Waals surface area contributed by atoms with Crippen molar-refractivity contribution in [2.45, 2.75) is 77.6 Å². The zero-order chi connectivity index (χ0) is 20.9. The van der Waals surface area contributed by atoms with Crippen LogP contribution in [0.25, 0.3) is 0 Å². The Kier molecular flexibility index (Phi) is 10.6. The number of aromatic hydroxyl groups is 1. The normalized spacial score (nSPS) is 11.7. The number of nitrogens with zero attached hydrogens (tertiary/aromatic N) is 1. The molecule has 0 amide bonds. The van der Waals surface area contributed by atoms with Gasteiger partial charge in [-0.3, -0.25) is 0 Å². The number of phenols is 1. The van der Waals surface area contributed by atoms with E-state index in [1.807, 2.05) is 24.3 Å². The van der Waals surface area contributed by atoms with Crippen molar-refractivity contribution in [3.63, 3.8) is 0 Å². The molecule has 0 radical (unpaired) electrons. The predicted octanol–water partition coefficient (Wildman–Crippen LogP) is 7.74. The Morgan fingerprint density at radius 2 is 1.45 bits per heavy atom. The van der Waals surface area contributed by atoms with Gasteiger partial charge in [0.1, 0.15) is 11.5 Å². The summed E-state index contributed by atoms with van der Waals surface area (Å²) in [5.41, 5.74) is 2.52. The van der Waals surface area contributed by atoms with Crippen LogP contribution in [-0.4, -0.2) is 16.0 Å². The van der Waals surface area contributed by atoms with Gasteiger partial charge in [0.2, 0.25) is 0 Å². The summed E-state index contributed by atoms with van der Waals surface area (Å²) in [6.45, 7) is 2.26. The number of oxime groups is 1. The van der Waals surface area contributed by atoms with Gasteiger partial charge in [-0.1, -0.05) is 106 Å². The van der Waals surface area contributed by atoms with E-state index < -0.39 is 0 Å². The summed E-state index contributed by atoms with van der Waals surface area (Å²) in [4.78, 5) is 0. The molecule has 3 nitrogen and oxygen atoms in total. The summed E-state index contributed by atoms with van der Waals surface area (Å²) < 4.78 is 0. The van der Waals surface area contributed by atoms with Gasteiger partial charge in [-0.15, -0.1) is 0 Å². The highest BCUT2D eigenvalue weighted by molar-refractivity contribution is 6.35. The summed E-state index contributed by atoms with van der Waals surface area (Å²) in [6, 6.07) is 12.7. The summed E-state index contributed by atoms with van der Waals surface area (Å²) in [5, 5.41) is 23.8. The van der Waals surface area contributed by atoms with E-state index in [0.717, 1.165) is 18.4 Å². The number of benzene rings is 2. The van der Waals surface area contributed by atoms with Crippen molar-refractivity contribution >= 4 is 17.3 Å². The number of aryl methyl sites for hydroxylation is 1. The maximum absolute atomic E-state index is 10.3. The van der Waals surface area contributed by atoms with Gasteiger partial charge in [0.15, 0.2) is 0 Å². The molecule has 0 bridgehead atoms. The summed E-state index contributed by atoms with van der Waals surface area (Å²) in [7, 11) is 0. The van der Waals surface area contributed by atoms with Gasteiger partial charge < -0.3 is 10.3 Å². The molecule has 4 heteroatoms. The molecule has 2 aromatic rings. The van der Waals surface area contributed by atoms with Crippen LogP contribution in [0, 0.1) is 0 Å². The Morgan fingerprint density at radius 1 is 0.828 bits per heavy atom. The summed E-state index contributed by atoms with van der Waals surface area (Å²) in [5.74, 6) is 0.0875. The van der Waals surface area contributed by atoms with Crippen molar-refractivity contribution in [1.29, 1.82) is 0 Å². The molecule has 29 heavy (non-hydrogen) atoms. The molecule has 0 aliphatic carbocycles. The fourth-order valence-electron chi connectivity index (χ4n) is 3.65. The zero-order valence-electron chi connectivity index (χ0n) is 17.5. The van der Waals surface area contributed by atoms with E-state index in [1.165, 1.54) is 57.8 Å². The van der Waals surface area contributed by atoms with Crippen LogP contribution in [0.15, 0.2) is 47.6 Å². The maximum Gasteiger partial charge on any atom is 0.125 e. The lowest BCUT2D eigenvalue weighted by atomic mass is 9.97. The Bertz CT molecular complexity index is 773. The molecule has 2 rings (SSSR count). The first-order valence-corrected chi connectivity index (χ1v) is 11.3. The van der Waals surface area contributed by atoms with Crippen molar-refractivity contribution in [3.05, 3.63) is 64.2 Å². The molecule has 0 saturated carbocycles.